The van der Waals surface area contributed by atoms with E-state index in [2.05, 4.69) is 23.6 Å². The van der Waals surface area contributed by atoms with Gasteiger partial charge < -0.3 is 9.80 Å². The molecule has 0 heterocycles. The fourth-order valence-corrected chi connectivity index (χ4v) is 2.48. The molecule has 3 nitrogen and oxygen atoms in total. The van der Waals surface area contributed by atoms with E-state index in [1.165, 1.54) is 25.9 Å². The van der Waals surface area contributed by atoms with E-state index in [-0.39, 0.29) is 5.43 Å². The molecule has 1 rings (SSSR count). The van der Waals surface area contributed by atoms with Gasteiger partial charge in [-0.2, -0.15) is 0 Å². The quantitative estimate of drug-likeness (QED) is 0.616. The van der Waals surface area contributed by atoms with Crippen molar-refractivity contribution in [2.75, 3.05) is 38.1 Å². The zero-order valence-corrected chi connectivity index (χ0v) is 16.6. The molecule has 0 saturated heterocycles. The number of hydrogen-bond acceptors (Lipinski definition) is 4. The molecule has 0 spiro atoms. The Morgan fingerprint density at radius 2 is 1.45 bits per heavy atom. The molecule has 0 atom stereocenters. The molecule has 0 aliphatic carbocycles. The highest BCUT2D eigenvalue weighted by molar-refractivity contribution is 7.71. The third-order valence-electron chi connectivity index (χ3n) is 3.18. The Balaban J connectivity index is 0. The molecule has 0 fully saturated rings. The molecule has 130 valence electrons. The smallest absolute Gasteiger partial charge is 0.200 e. The van der Waals surface area contributed by atoms with Crippen molar-refractivity contribution >= 4 is 17.9 Å². The minimum atomic E-state index is 0.00504. The molecule has 0 bridgehead atoms. The van der Waals surface area contributed by atoms with Gasteiger partial charge in [-0.25, -0.2) is 0 Å². The summed E-state index contributed by atoms with van der Waals surface area (Å²) in [6.07, 6.45) is 3.53. The Labute approximate surface area is 143 Å². The van der Waals surface area contributed by atoms with Gasteiger partial charge in [0.05, 0.1) is 5.69 Å². The van der Waals surface area contributed by atoms with Crippen molar-refractivity contribution in [1.82, 2.24) is 4.90 Å². The van der Waals surface area contributed by atoms with Crippen LogP contribution in [-0.2, 0) is 0 Å². The Hall–Kier alpha value is -0.740. The van der Waals surface area contributed by atoms with Crippen molar-refractivity contribution in [3.63, 3.8) is 0 Å². The van der Waals surface area contributed by atoms with Gasteiger partial charge in [0.25, 0.3) is 0 Å². The minimum absolute atomic E-state index is 0.00504. The Morgan fingerprint density at radius 1 is 0.955 bits per heavy atom. The van der Waals surface area contributed by atoms with Gasteiger partial charge in [-0.3, -0.25) is 4.79 Å². The van der Waals surface area contributed by atoms with Gasteiger partial charge in [0.15, 0.2) is 0 Å². The van der Waals surface area contributed by atoms with Gasteiger partial charge in [0.2, 0.25) is 5.43 Å². The highest BCUT2D eigenvalue weighted by Crippen LogP contribution is 2.13. The second kappa shape index (κ2) is 15.2. The van der Waals surface area contributed by atoms with E-state index in [0.29, 0.717) is 4.51 Å². The maximum atomic E-state index is 11.0. The Bertz CT molecular complexity index is 418. The number of anilines is 1. The van der Waals surface area contributed by atoms with Crippen molar-refractivity contribution < 1.29 is 0 Å². The molecule has 4 heteroatoms. The monoisotopic (exact) mass is 328 g/mol. The predicted molar refractivity (Wildman–Crippen MR) is 104 cm³/mol. The lowest BCUT2D eigenvalue weighted by molar-refractivity contribution is 0.272. The average molecular weight is 329 g/mol. The van der Waals surface area contributed by atoms with E-state index in [4.69, 9.17) is 12.2 Å². The van der Waals surface area contributed by atoms with Crippen molar-refractivity contribution in [2.24, 2.45) is 0 Å². The Morgan fingerprint density at radius 3 is 1.82 bits per heavy atom. The maximum absolute atomic E-state index is 11.0. The van der Waals surface area contributed by atoms with Crippen LogP contribution in [0, 0.1) is 4.51 Å². The van der Waals surface area contributed by atoms with E-state index < -0.39 is 0 Å². The lowest BCUT2D eigenvalue weighted by Gasteiger charge is -2.24. The lowest BCUT2D eigenvalue weighted by Crippen LogP contribution is -2.31. The van der Waals surface area contributed by atoms with Crippen LogP contribution in [0.3, 0.4) is 0 Å². The average Bonchev–Trinajstić information content (AvgIpc) is 2.56. The summed E-state index contributed by atoms with van der Waals surface area (Å²) >= 11 is 5.02. The van der Waals surface area contributed by atoms with Gasteiger partial charge in [-0.05, 0) is 38.9 Å². The minimum Gasteiger partial charge on any atom is -0.373 e. The zero-order chi connectivity index (χ0) is 17.5. The molecule has 0 amide bonds. The number of hydrogen-bond donors (Lipinski definition) is 0. The molecule has 0 N–H and O–H groups in total. The second-order valence-electron chi connectivity index (χ2n) is 4.84. The van der Waals surface area contributed by atoms with Crippen LogP contribution in [0.1, 0.15) is 60.8 Å². The van der Waals surface area contributed by atoms with Gasteiger partial charge in [-0.15, -0.1) is 0 Å². The molecule has 1 aromatic rings. The first-order valence-corrected chi connectivity index (χ1v) is 9.24. The van der Waals surface area contributed by atoms with E-state index >= 15 is 0 Å². The van der Waals surface area contributed by atoms with Crippen LogP contribution in [0.25, 0.3) is 0 Å². The van der Waals surface area contributed by atoms with Crippen LogP contribution in [0.4, 0.5) is 5.69 Å². The van der Waals surface area contributed by atoms with E-state index in [0.717, 1.165) is 25.2 Å². The lowest BCUT2D eigenvalue weighted by atomic mass is 10.2. The van der Waals surface area contributed by atoms with Gasteiger partial charge in [0.1, 0.15) is 4.51 Å². The van der Waals surface area contributed by atoms with Crippen LogP contribution in [-0.4, -0.2) is 38.1 Å². The molecule has 0 radical (unpaired) electrons. The van der Waals surface area contributed by atoms with E-state index in [9.17, 15) is 4.79 Å². The third kappa shape index (κ3) is 8.64. The summed E-state index contributed by atoms with van der Waals surface area (Å²) in [5.74, 6) is 0. The van der Waals surface area contributed by atoms with Crippen LogP contribution in [0.5, 0.6) is 0 Å². The standard InChI is InChI=1S/C14H24N2OS.2C2H6/c1-4-7-16(8-5-2)10-6-9-15(3)12-11-13(17)14(12)18;2*1-2/h11H,4-10H2,1-3H3;2*1-2H3. The fraction of sp³-hybridized carbons (Fsp3) is 0.778. The topological polar surface area (TPSA) is 23.6 Å². The van der Waals surface area contributed by atoms with Gasteiger partial charge in [0, 0.05) is 19.7 Å². The summed E-state index contributed by atoms with van der Waals surface area (Å²) in [4.78, 5) is 15.6. The first-order valence-electron chi connectivity index (χ1n) is 8.84. The molecule has 0 saturated carbocycles. The van der Waals surface area contributed by atoms with Crippen LogP contribution in [0.15, 0.2) is 10.9 Å². The molecular weight excluding hydrogens is 292 g/mol. The summed E-state index contributed by atoms with van der Waals surface area (Å²) in [5.41, 5.74) is 0.943. The van der Waals surface area contributed by atoms with Crippen molar-refractivity contribution in [3.8, 4) is 0 Å². The summed E-state index contributed by atoms with van der Waals surface area (Å²) in [5, 5.41) is 0. The molecular formula is C18H36N2OS. The molecule has 0 aliphatic heterocycles. The summed E-state index contributed by atoms with van der Waals surface area (Å²) in [6.45, 7) is 16.9. The molecule has 0 aliphatic rings. The van der Waals surface area contributed by atoms with Crippen molar-refractivity contribution in [1.29, 1.82) is 0 Å². The highest BCUT2D eigenvalue weighted by atomic mass is 32.1. The number of nitrogens with zero attached hydrogens (tertiary/aromatic N) is 2. The molecule has 1 aromatic carbocycles. The predicted octanol–water partition coefficient (Wildman–Crippen LogP) is 4.65. The molecule has 0 aromatic heterocycles. The zero-order valence-electron chi connectivity index (χ0n) is 15.7. The van der Waals surface area contributed by atoms with E-state index in [1.807, 2.05) is 34.7 Å². The van der Waals surface area contributed by atoms with E-state index in [1.54, 1.807) is 6.07 Å². The SMILES string of the molecule is CC.CC.CCCN(CCC)CCCN(C)c1cc(=O)c1=S. The van der Waals surface area contributed by atoms with Gasteiger partial charge in [-0.1, -0.05) is 53.8 Å². The Kier molecular flexibility index (Phi) is 16.2. The normalized spacial score (nSPS) is 9.82. The summed E-state index contributed by atoms with van der Waals surface area (Å²) < 4.78 is 0.497. The van der Waals surface area contributed by atoms with Crippen molar-refractivity contribution in [2.45, 2.75) is 60.8 Å². The third-order valence-corrected chi connectivity index (χ3v) is 3.59. The fourth-order valence-electron chi connectivity index (χ4n) is 2.21. The maximum Gasteiger partial charge on any atom is 0.200 e. The van der Waals surface area contributed by atoms with Crippen molar-refractivity contribution in [3.05, 3.63) is 20.8 Å². The molecule has 0 unspecified atom stereocenters. The second-order valence-corrected chi connectivity index (χ2v) is 5.25. The highest BCUT2D eigenvalue weighted by Gasteiger charge is 2.10. The first kappa shape index (κ1) is 23.5. The number of rotatable bonds is 9. The van der Waals surface area contributed by atoms with Gasteiger partial charge >= 0.3 is 0 Å². The summed E-state index contributed by atoms with van der Waals surface area (Å²) in [6, 6.07) is 1.64. The first-order chi connectivity index (χ1) is 10.6. The summed E-state index contributed by atoms with van der Waals surface area (Å²) in [7, 11) is 2.01. The van der Waals surface area contributed by atoms with Crippen LogP contribution >= 0.6 is 12.2 Å². The van der Waals surface area contributed by atoms with Crippen LogP contribution < -0.4 is 10.3 Å². The molecule has 22 heavy (non-hydrogen) atoms. The largest absolute Gasteiger partial charge is 0.373 e. The van der Waals surface area contributed by atoms with Crippen LogP contribution in [0.2, 0.25) is 0 Å².